The number of amides is 1. The molecule has 0 aliphatic carbocycles. The second-order valence-corrected chi connectivity index (χ2v) is 11.0. The van der Waals surface area contributed by atoms with Gasteiger partial charge in [0.25, 0.3) is 0 Å². The minimum Gasteiger partial charge on any atom is -0.490 e. The average Bonchev–Trinajstić information content (AvgIpc) is 2.86. The lowest BCUT2D eigenvalue weighted by atomic mass is 9.98. The number of halogens is 2. The van der Waals surface area contributed by atoms with Gasteiger partial charge in [0.2, 0.25) is 15.9 Å². The minimum atomic E-state index is -3.87. The fourth-order valence-electron chi connectivity index (χ4n) is 4.63. The van der Waals surface area contributed by atoms with Gasteiger partial charge in [0.05, 0.1) is 9.92 Å². The summed E-state index contributed by atoms with van der Waals surface area (Å²) < 4.78 is 46.5. The molecule has 8 nitrogen and oxygen atoms in total. The van der Waals surface area contributed by atoms with Crippen LogP contribution < -0.4 is 9.46 Å². The van der Waals surface area contributed by atoms with Crippen molar-refractivity contribution in [2.45, 2.75) is 49.1 Å². The number of hydrogen-bond donors (Lipinski definition) is 1. The van der Waals surface area contributed by atoms with Crippen LogP contribution in [-0.2, 0) is 14.8 Å². The van der Waals surface area contributed by atoms with Crippen molar-refractivity contribution in [1.82, 2.24) is 19.5 Å². The molecule has 2 aliphatic heterocycles. The molecular weight excluding hydrogens is 495 g/mol. The molecule has 4 rings (SSSR count). The highest BCUT2D eigenvalue weighted by Crippen LogP contribution is 2.24. The molecule has 35 heavy (non-hydrogen) atoms. The zero-order valence-electron chi connectivity index (χ0n) is 19.4. The molecule has 0 unspecified atom stereocenters. The van der Waals surface area contributed by atoms with Crippen LogP contribution >= 0.6 is 11.6 Å². The van der Waals surface area contributed by atoms with Gasteiger partial charge in [0.1, 0.15) is 17.7 Å². The van der Waals surface area contributed by atoms with Crippen LogP contribution in [0.15, 0.2) is 47.6 Å². The van der Waals surface area contributed by atoms with Gasteiger partial charge in [-0.25, -0.2) is 17.5 Å². The van der Waals surface area contributed by atoms with Crippen molar-refractivity contribution in [3.8, 4) is 5.75 Å². The highest BCUT2D eigenvalue weighted by atomic mass is 35.5. The fourth-order valence-corrected chi connectivity index (χ4v) is 5.93. The third-order valence-electron chi connectivity index (χ3n) is 6.59. The molecule has 1 aromatic carbocycles. The standard InChI is InChI=1S/C24H30ClFN4O4S/c25-22-17-21(1-2-23(22)26)35(32,33)28-12-5-24(31)30-13-6-18(7-14-30)29-15-8-20(9-16-29)34-19-3-10-27-11-4-19/h1-4,10-11,17-18,20,28H,5-9,12-16H2. The quantitative estimate of drug-likeness (QED) is 0.570. The molecule has 2 saturated heterocycles. The van der Waals surface area contributed by atoms with Crippen molar-refractivity contribution in [2.24, 2.45) is 0 Å². The number of benzene rings is 1. The first-order chi connectivity index (χ1) is 16.8. The van der Waals surface area contributed by atoms with Crippen LogP contribution in [0.1, 0.15) is 32.1 Å². The van der Waals surface area contributed by atoms with Crippen LogP contribution in [-0.4, -0.2) is 74.0 Å². The van der Waals surface area contributed by atoms with Crippen LogP contribution in [0.5, 0.6) is 5.75 Å². The molecule has 2 aromatic rings. The van der Waals surface area contributed by atoms with Gasteiger partial charge < -0.3 is 9.64 Å². The summed E-state index contributed by atoms with van der Waals surface area (Å²) in [6, 6.07) is 7.40. The Labute approximate surface area is 210 Å². The Balaban J connectivity index is 1.16. The van der Waals surface area contributed by atoms with Crippen molar-refractivity contribution in [1.29, 1.82) is 0 Å². The molecule has 2 aliphatic rings. The van der Waals surface area contributed by atoms with E-state index < -0.39 is 15.8 Å². The zero-order chi connectivity index (χ0) is 24.8. The normalized spacial score (nSPS) is 18.5. The molecule has 1 amide bonds. The van der Waals surface area contributed by atoms with Crippen molar-refractivity contribution in [3.05, 3.63) is 53.6 Å². The first kappa shape index (κ1) is 25.8. The summed E-state index contributed by atoms with van der Waals surface area (Å²) >= 11 is 5.67. The number of pyridine rings is 1. The Bertz CT molecular complexity index is 1110. The lowest BCUT2D eigenvalue weighted by Gasteiger charge is -2.41. The summed E-state index contributed by atoms with van der Waals surface area (Å²) in [7, 11) is -3.87. The minimum absolute atomic E-state index is 0.0267. The monoisotopic (exact) mass is 524 g/mol. The summed E-state index contributed by atoms with van der Waals surface area (Å²) in [5.41, 5.74) is 0. The van der Waals surface area contributed by atoms with Crippen LogP contribution in [0.25, 0.3) is 0 Å². The van der Waals surface area contributed by atoms with E-state index in [1.165, 1.54) is 0 Å². The van der Waals surface area contributed by atoms with Crippen LogP contribution in [0.2, 0.25) is 5.02 Å². The average molecular weight is 525 g/mol. The van der Waals surface area contributed by atoms with Gasteiger partial charge in [0.15, 0.2) is 0 Å². The maximum absolute atomic E-state index is 13.3. The molecule has 0 radical (unpaired) electrons. The molecule has 0 saturated carbocycles. The zero-order valence-corrected chi connectivity index (χ0v) is 21.0. The van der Waals surface area contributed by atoms with E-state index in [0.29, 0.717) is 19.1 Å². The summed E-state index contributed by atoms with van der Waals surface area (Å²) in [5, 5.41) is -0.266. The Morgan fingerprint density at radius 3 is 2.43 bits per heavy atom. The number of nitrogens with zero attached hydrogens (tertiary/aromatic N) is 3. The fraction of sp³-hybridized carbons (Fsp3) is 0.500. The number of aromatic nitrogens is 1. The first-order valence-corrected chi connectivity index (χ1v) is 13.7. The number of ether oxygens (including phenoxy) is 1. The summed E-state index contributed by atoms with van der Waals surface area (Å²) in [5.74, 6) is 0.0913. The maximum Gasteiger partial charge on any atom is 0.240 e. The number of likely N-dealkylation sites (tertiary alicyclic amines) is 2. The van der Waals surface area contributed by atoms with Gasteiger partial charge in [-0.2, -0.15) is 0 Å². The molecule has 2 fully saturated rings. The lowest BCUT2D eigenvalue weighted by molar-refractivity contribution is -0.132. The van der Waals surface area contributed by atoms with E-state index in [1.54, 1.807) is 17.3 Å². The predicted octanol–water partition coefficient (Wildman–Crippen LogP) is 3.08. The summed E-state index contributed by atoms with van der Waals surface area (Å²) in [6.45, 7) is 3.25. The molecule has 1 aromatic heterocycles. The molecular formula is C24H30ClFN4O4S. The van der Waals surface area contributed by atoms with E-state index in [9.17, 15) is 17.6 Å². The van der Waals surface area contributed by atoms with E-state index in [2.05, 4.69) is 14.6 Å². The number of piperidine rings is 2. The van der Waals surface area contributed by atoms with E-state index in [4.69, 9.17) is 16.3 Å². The van der Waals surface area contributed by atoms with Gasteiger partial charge in [-0.15, -0.1) is 0 Å². The smallest absolute Gasteiger partial charge is 0.240 e. The summed E-state index contributed by atoms with van der Waals surface area (Å²) in [4.78, 5) is 20.8. The topological polar surface area (TPSA) is 91.8 Å². The molecule has 190 valence electrons. The highest BCUT2D eigenvalue weighted by Gasteiger charge is 2.30. The Kier molecular flexibility index (Phi) is 8.59. The first-order valence-electron chi connectivity index (χ1n) is 11.8. The third kappa shape index (κ3) is 6.91. The molecule has 0 spiro atoms. The van der Waals surface area contributed by atoms with Crippen molar-refractivity contribution >= 4 is 27.5 Å². The molecule has 0 atom stereocenters. The number of rotatable bonds is 8. The molecule has 0 bridgehead atoms. The van der Waals surface area contributed by atoms with Gasteiger partial charge in [-0.05, 0) is 56.0 Å². The van der Waals surface area contributed by atoms with E-state index in [0.717, 1.165) is 62.7 Å². The Hall–Kier alpha value is -2.27. The van der Waals surface area contributed by atoms with E-state index >= 15 is 0 Å². The highest BCUT2D eigenvalue weighted by molar-refractivity contribution is 7.89. The van der Waals surface area contributed by atoms with Crippen LogP contribution in [0.3, 0.4) is 0 Å². The lowest BCUT2D eigenvalue weighted by Crippen LogP contribution is -2.50. The van der Waals surface area contributed by atoms with Gasteiger partial charge in [0, 0.05) is 57.6 Å². The van der Waals surface area contributed by atoms with Gasteiger partial charge in [-0.3, -0.25) is 14.7 Å². The number of hydrogen-bond acceptors (Lipinski definition) is 6. The SMILES string of the molecule is O=C(CCNS(=O)(=O)c1ccc(F)c(Cl)c1)N1CCC(N2CCC(Oc3ccncc3)CC2)CC1. The number of nitrogens with one attached hydrogen (secondary N) is 1. The predicted molar refractivity (Wildman–Crippen MR) is 130 cm³/mol. The second kappa shape index (κ2) is 11.6. The molecule has 11 heteroatoms. The van der Waals surface area contributed by atoms with Crippen molar-refractivity contribution < 1.29 is 22.3 Å². The van der Waals surface area contributed by atoms with E-state index in [1.807, 2.05) is 12.1 Å². The Morgan fingerprint density at radius 2 is 1.77 bits per heavy atom. The van der Waals surface area contributed by atoms with Crippen LogP contribution in [0, 0.1) is 5.82 Å². The largest absolute Gasteiger partial charge is 0.490 e. The third-order valence-corrected chi connectivity index (χ3v) is 8.34. The van der Waals surface area contributed by atoms with Crippen molar-refractivity contribution in [2.75, 3.05) is 32.7 Å². The number of carbonyl (C=O) groups is 1. The van der Waals surface area contributed by atoms with E-state index in [-0.39, 0.29) is 34.9 Å². The van der Waals surface area contributed by atoms with Gasteiger partial charge in [-0.1, -0.05) is 11.6 Å². The Morgan fingerprint density at radius 1 is 1.09 bits per heavy atom. The van der Waals surface area contributed by atoms with Gasteiger partial charge >= 0.3 is 0 Å². The maximum atomic E-state index is 13.3. The molecule has 3 heterocycles. The van der Waals surface area contributed by atoms with Crippen LogP contribution in [0.4, 0.5) is 4.39 Å². The number of sulfonamides is 1. The molecule has 1 N–H and O–H groups in total. The summed E-state index contributed by atoms with van der Waals surface area (Å²) in [6.07, 6.45) is 7.50. The second-order valence-electron chi connectivity index (χ2n) is 8.87. The number of carbonyl (C=O) groups excluding carboxylic acids is 1. The van der Waals surface area contributed by atoms with Crippen molar-refractivity contribution in [3.63, 3.8) is 0 Å².